The van der Waals surface area contributed by atoms with Gasteiger partial charge in [0.15, 0.2) is 0 Å². The molecule has 0 fully saturated rings. The van der Waals surface area contributed by atoms with Gasteiger partial charge in [-0.05, 0) is 36.3 Å². The average Bonchev–Trinajstić information content (AvgIpc) is 2.73. The molecule has 4 nitrogen and oxygen atoms in total. The maximum absolute atomic E-state index is 10.7. The van der Waals surface area contributed by atoms with Gasteiger partial charge in [-0.1, -0.05) is 0 Å². The van der Waals surface area contributed by atoms with Crippen LogP contribution in [0.15, 0.2) is 11.4 Å². The molecule has 16 heavy (non-hydrogen) atoms. The lowest BCUT2D eigenvalue weighted by Crippen LogP contribution is -2.39. The van der Waals surface area contributed by atoms with Gasteiger partial charge in [0.1, 0.15) is 6.10 Å². The van der Waals surface area contributed by atoms with Gasteiger partial charge in [-0.2, -0.15) is 0 Å². The lowest BCUT2D eigenvalue weighted by Gasteiger charge is -2.24. The van der Waals surface area contributed by atoms with E-state index in [0.29, 0.717) is 0 Å². The number of primary amides is 1. The molecule has 1 amide bonds. The average molecular weight is 240 g/mol. The third kappa shape index (κ3) is 2.42. The van der Waals surface area contributed by atoms with Crippen molar-refractivity contribution in [1.29, 1.82) is 0 Å². The smallest absolute Gasteiger partial charge is 0.247 e. The predicted octanol–water partition coefficient (Wildman–Crippen LogP) is 0.561. The molecule has 0 aromatic carbocycles. The van der Waals surface area contributed by atoms with E-state index in [0.717, 1.165) is 19.3 Å². The molecule has 1 aromatic heterocycles. The summed E-state index contributed by atoms with van der Waals surface area (Å²) in [6.45, 7) is 0.231. The van der Waals surface area contributed by atoms with Crippen LogP contribution in [0.1, 0.15) is 29.3 Å². The van der Waals surface area contributed by atoms with Crippen molar-refractivity contribution in [2.75, 3.05) is 6.54 Å². The molecule has 2 rings (SSSR count). The summed E-state index contributed by atoms with van der Waals surface area (Å²) < 4.78 is 0. The monoisotopic (exact) mass is 240 g/mol. The van der Waals surface area contributed by atoms with E-state index in [2.05, 4.69) is 16.8 Å². The fourth-order valence-electron chi connectivity index (χ4n) is 2.05. The lowest BCUT2D eigenvalue weighted by molar-refractivity contribution is -0.125. The summed E-state index contributed by atoms with van der Waals surface area (Å²) in [6, 6.07) is 2.37. The zero-order valence-corrected chi connectivity index (χ0v) is 9.80. The number of carbonyl (C=O) groups excluding carboxylic acids is 1. The molecule has 1 heterocycles. The predicted molar refractivity (Wildman–Crippen MR) is 63.2 cm³/mol. The number of thiophene rings is 1. The number of aliphatic hydroxyl groups is 1. The second-order valence-corrected chi connectivity index (χ2v) is 5.07. The molecule has 2 atom stereocenters. The summed E-state index contributed by atoms with van der Waals surface area (Å²) in [7, 11) is 0. The lowest BCUT2D eigenvalue weighted by atomic mass is 9.94. The van der Waals surface area contributed by atoms with Gasteiger partial charge in [-0.15, -0.1) is 11.3 Å². The molecular weight excluding hydrogens is 224 g/mol. The molecule has 2 unspecified atom stereocenters. The Bertz CT molecular complexity index is 378. The first-order valence-corrected chi connectivity index (χ1v) is 6.33. The topological polar surface area (TPSA) is 75.4 Å². The van der Waals surface area contributed by atoms with Gasteiger partial charge < -0.3 is 16.2 Å². The van der Waals surface area contributed by atoms with Gasteiger partial charge in [0.05, 0.1) is 0 Å². The Morgan fingerprint density at radius 3 is 3.31 bits per heavy atom. The van der Waals surface area contributed by atoms with Crippen LogP contribution in [0.25, 0.3) is 0 Å². The van der Waals surface area contributed by atoms with Crippen LogP contribution in [0.4, 0.5) is 0 Å². The third-order valence-electron chi connectivity index (χ3n) is 2.94. The highest BCUT2D eigenvalue weighted by Gasteiger charge is 2.22. The zero-order chi connectivity index (χ0) is 11.5. The van der Waals surface area contributed by atoms with Crippen molar-refractivity contribution in [1.82, 2.24) is 5.32 Å². The number of fused-ring (bicyclic) bond motifs is 1. The van der Waals surface area contributed by atoms with E-state index >= 15 is 0 Å². The summed E-state index contributed by atoms with van der Waals surface area (Å²) in [6.07, 6.45) is 2.25. The first-order valence-electron chi connectivity index (χ1n) is 5.45. The van der Waals surface area contributed by atoms with Crippen molar-refractivity contribution in [2.45, 2.75) is 31.4 Å². The highest BCUT2D eigenvalue weighted by molar-refractivity contribution is 7.10. The van der Waals surface area contributed by atoms with Crippen LogP contribution in [0.2, 0.25) is 0 Å². The second kappa shape index (κ2) is 4.95. The largest absolute Gasteiger partial charge is 0.382 e. The SMILES string of the molecule is NC(=O)C(O)CNC1CCCc2sccc21. The van der Waals surface area contributed by atoms with Crippen molar-refractivity contribution in [3.63, 3.8) is 0 Å². The van der Waals surface area contributed by atoms with Crippen LogP contribution in [0.5, 0.6) is 0 Å². The number of aliphatic hydroxyl groups excluding tert-OH is 1. The van der Waals surface area contributed by atoms with Crippen LogP contribution in [-0.4, -0.2) is 23.7 Å². The Hall–Kier alpha value is -0.910. The van der Waals surface area contributed by atoms with Crippen molar-refractivity contribution in [3.05, 3.63) is 21.9 Å². The van der Waals surface area contributed by atoms with Crippen molar-refractivity contribution < 1.29 is 9.90 Å². The van der Waals surface area contributed by atoms with Crippen molar-refractivity contribution >= 4 is 17.2 Å². The van der Waals surface area contributed by atoms with Gasteiger partial charge in [-0.25, -0.2) is 0 Å². The van der Waals surface area contributed by atoms with Gasteiger partial charge in [0.2, 0.25) is 5.91 Å². The number of carbonyl (C=O) groups is 1. The number of nitrogens with one attached hydrogen (secondary N) is 1. The first-order chi connectivity index (χ1) is 7.68. The summed E-state index contributed by atoms with van der Waals surface area (Å²) >= 11 is 1.78. The van der Waals surface area contributed by atoms with Crippen LogP contribution < -0.4 is 11.1 Å². The highest BCUT2D eigenvalue weighted by atomic mass is 32.1. The van der Waals surface area contributed by atoms with E-state index in [1.807, 2.05) is 0 Å². The molecule has 0 radical (unpaired) electrons. The molecule has 1 aliphatic rings. The van der Waals surface area contributed by atoms with E-state index < -0.39 is 12.0 Å². The van der Waals surface area contributed by atoms with E-state index in [9.17, 15) is 9.90 Å². The molecule has 1 aliphatic carbocycles. The van der Waals surface area contributed by atoms with Crippen LogP contribution in [-0.2, 0) is 11.2 Å². The third-order valence-corrected chi connectivity index (χ3v) is 3.93. The summed E-state index contributed by atoms with van der Waals surface area (Å²) in [4.78, 5) is 12.1. The molecule has 0 spiro atoms. The summed E-state index contributed by atoms with van der Waals surface area (Å²) in [5.74, 6) is -0.672. The van der Waals surface area contributed by atoms with Crippen LogP contribution in [0, 0.1) is 0 Å². The van der Waals surface area contributed by atoms with Crippen molar-refractivity contribution in [3.8, 4) is 0 Å². The normalized spacial score (nSPS) is 21.4. The Labute approximate surface area is 98.5 Å². The number of aryl methyl sites for hydroxylation is 1. The number of nitrogens with two attached hydrogens (primary N) is 1. The fourth-order valence-corrected chi connectivity index (χ4v) is 3.04. The Morgan fingerprint density at radius 2 is 2.56 bits per heavy atom. The van der Waals surface area contributed by atoms with E-state index in [4.69, 9.17) is 5.73 Å². The second-order valence-electron chi connectivity index (χ2n) is 4.07. The molecule has 4 N–H and O–H groups in total. The Balaban J connectivity index is 1.95. The highest BCUT2D eigenvalue weighted by Crippen LogP contribution is 2.33. The van der Waals surface area contributed by atoms with Gasteiger partial charge in [0.25, 0.3) is 0 Å². The molecule has 88 valence electrons. The minimum Gasteiger partial charge on any atom is -0.382 e. The standard InChI is InChI=1S/C11H16N2O2S/c12-11(15)9(14)6-13-8-2-1-3-10-7(8)4-5-16-10/h4-5,8-9,13-14H,1-3,6H2,(H2,12,15). The molecule has 0 aliphatic heterocycles. The Morgan fingerprint density at radius 1 is 1.75 bits per heavy atom. The minimum absolute atomic E-state index is 0.231. The fraction of sp³-hybridized carbons (Fsp3) is 0.545. The first kappa shape index (κ1) is 11.6. The van der Waals surface area contributed by atoms with E-state index in [1.54, 1.807) is 11.3 Å². The maximum atomic E-state index is 10.7. The van der Waals surface area contributed by atoms with Crippen LogP contribution >= 0.6 is 11.3 Å². The molecule has 0 saturated heterocycles. The number of hydrogen-bond donors (Lipinski definition) is 3. The van der Waals surface area contributed by atoms with E-state index in [1.165, 1.54) is 10.4 Å². The molecule has 0 bridgehead atoms. The Kier molecular flexibility index (Phi) is 3.58. The minimum atomic E-state index is -1.09. The summed E-state index contributed by atoms with van der Waals surface area (Å²) in [5, 5.41) is 14.6. The van der Waals surface area contributed by atoms with Crippen molar-refractivity contribution in [2.24, 2.45) is 5.73 Å². The molecule has 5 heteroatoms. The number of amides is 1. The van der Waals surface area contributed by atoms with Crippen LogP contribution in [0.3, 0.4) is 0 Å². The maximum Gasteiger partial charge on any atom is 0.247 e. The molecular formula is C11H16N2O2S. The molecule has 1 aromatic rings. The summed E-state index contributed by atoms with van der Waals surface area (Å²) in [5.41, 5.74) is 6.31. The van der Waals surface area contributed by atoms with Gasteiger partial charge in [0, 0.05) is 17.5 Å². The quantitative estimate of drug-likeness (QED) is 0.720. The number of rotatable bonds is 4. The zero-order valence-electron chi connectivity index (χ0n) is 8.98. The van der Waals surface area contributed by atoms with Gasteiger partial charge in [-0.3, -0.25) is 4.79 Å². The number of hydrogen-bond acceptors (Lipinski definition) is 4. The van der Waals surface area contributed by atoms with E-state index in [-0.39, 0.29) is 12.6 Å². The molecule has 0 saturated carbocycles. The van der Waals surface area contributed by atoms with Gasteiger partial charge >= 0.3 is 0 Å².